The van der Waals surface area contributed by atoms with Crippen molar-refractivity contribution in [3.8, 4) is 5.75 Å². The normalized spacial score (nSPS) is 12.0. The van der Waals surface area contributed by atoms with Crippen LogP contribution < -0.4 is 10.1 Å². The van der Waals surface area contributed by atoms with Crippen molar-refractivity contribution in [3.05, 3.63) is 28.2 Å². The third-order valence-corrected chi connectivity index (χ3v) is 3.13. The summed E-state index contributed by atoms with van der Waals surface area (Å²) in [6, 6.07) is 5.36. The first-order valence-electron chi connectivity index (χ1n) is 6.41. The van der Waals surface area contributed by atoms with Gasteiger partial charge in [-0.05, 0) is 25.5 Å². The molecular formula is C14H20BrNO3. The van der Waals surface area contributed by atoms with E-state index in [9.17, 15) is 9.90 Å². The fourth-order valence-corrected chi connectivity index (χ4v) is 1.92. The van der Waals surface area contributed by atoms with E-state index in [1.165, 1.54) is 0 Å². The summed E-state index contributed by atoms with van der Waals surface area (Å²) in [5.74, 6) is 0.375. The van der Waals surface area contributed by atoms with Crippen molar-refractivity contribution in [1.29, 1.82) is 0 Å². The van der Waals surface area contributed by atoms with Crippen molar-refractivity contribution in [2.24, 2.45) is 0 Å². The van der Waals surface area contributed by atoms with Gasteiger partial charge in [0.2, 0.25) is 0 Å². The Kier molecular flexibility index (Phi) is 6.87. The van der Waals surface area contributed by atoms with E-state index in [1.54, 1.807) is 19.1 Å². The van der Waals surface area contributed by atoms with Crippen molar-refractivity contribution < 1.29 is 14.6 Å². The molecule has 0 saturated carbocycles. The van der Waals surface area contributed by atoms with Crippen LogP contribution in [0.25, 0.3) is 0 Å². The molecule has 0 heterocycles. The number of carbonyl (C=O) groups is 1. The van der Waals surface area contributed by atoms with Crippen LogP contribution in [0.4, 0.5) is 0 Å². The Morgan fingerprint density at radius 1 is 1.53 bits per heavy atom. The summed E-state index contributed by atoms with van der Waals surface area (Å²) in [5.41, 5.74) is 0.671. The number of amides is 1. The Morgan fingerprint density at radius 2 is 2.26 bits per heavy atom. The summed E-state index contributed by atoms with van der Waals surface area (Å²) >= 11 is 3.34. The molecule has 106 valence electrons. The van der Waals surface area contributed by atoms with Crippen molar-refractivity contribution in [2.45, 2.75) is 32.8 Å². The molecule has 1 unspecified atom stereocenters. The van der Waals surface area contributed by atoms with Crippen molar-refractivity contribution in [3.63, 3.8) is 0 Å². The number of rotatable bonds is 7. The van der Waals surface area contributed by atoms with E-state index in [-0.39, 0.29) is 12.5 Å². The van der Waals surface area contributed by atoms with Crippen LogP contribution >= 0.6 is 15.9 Å². The van der Waals surface area contributed by atoms with Gasteiger partial charge in [0, 0.05) is 16.6 Å². The first-order valence-corrected chi connectivity index (χ1v) is 7.21. The number of aliphatic hydroxyl groups excluding tert-OH is 1. The lowest BCUT2D eigenvalue weighted by Crippen LogP contribution is -2.29. The zero-order valence-electron chi connectivity index (χ0n) is 11.3. The molecule has 19 heavy (non-hydrogen) atoms. The zero-order valence-corrected chi connectivity index (χ0v) is 12.9. The van der Waals surface area contributed by atoms with Gasteiger partial charge in [-0.1, -0.05) is 35.3 Å². The lowest BCUT2D eigenvalue weighted by Gasteiger charge is -2.13. The van der Waals surface area contributed by atoms with Crippen molar-refractivity contribution in [2.75, 3.05) is 13.2 Å². The largest absolute Gasteiger partial charge is 0.483 e. The molecule has 1 aromatic carbocycles. The topological polar surface area (TPSA) is 58.6 Å². The number of unbranched alkanes of at least 4 members (excludes halogenated alkanes) is 1. The molecule has 0 aliphatic heterocycles. The Balaban J connectivity index is 2.56. The molecule has 4 nitrogen and oxygen atoms in total. The van der Waals surface area contributed by atoms with Gasteiger partial charge < -0.3 is 15.2 Å². The monoisotopic (exact) mass is 329 g/mol. The minimum atomic E-state index is -0.633. The highest BCUT2D eigenvalue weighted by atomic mass is 79.9. The van der Waals surface area contributed by atoms with Crippen LogP contribution in [0.15, 0.2) is 22.7 Å². The molecule has 0 bridgehead atoms. The zero-order chi connectivity index (χ0) is 14.3. The fourth-order valence-electron chi connectivity index (χ4n) is 1.58. The number of hydrogen-bond acceptors (Lipinski definition) is 3. The first kappa shape index (κ1) is 16.0. The van der Waals surface area contributed by atoms with Crippen LogP contribution in [-0.2, 0) is 4.79 Å². The third-order valence-electron chi connectivity index (χ3n) is 2.64. The molecule has 0 radical (unpaired) electrons. The molecule has 2 N–H and O–H groups in total. The fraction of sp³-hybridized carbons (Fsp3) is 0.500. The second kappa shape index (κ2) is 8.17. The van der Waals surface area contributed by atoms with E-state index in [2.05, 4.69) is 28.2 Å². The van der Waals surface area contributed by atoms with Gasteiger partial charge in [0.05, 0.1) is 6.10 Å². The van der Waals surface area contributed by atoms with Gasteiger partial charge in [-0.25, -0.2) is 0 Å². The summed E-state index contributed by atoms with van der Waals surface area (Å²) in [5, 5.41) is 12.4. The Labute approximate surface area is 122 Å². The Morgan fingerprint density at radius 3 is 2.89 bits per heavy atom. The first-order chi connectivity index (χ1) is 9.04. The van der Waals surface area contributed by atoms with Gasteiger partial charge >= 0.3 is 0 Å². The van der Waals surface area contributed by atoms with Gasteiger partial charge in [0.25, 0.3) is 5.91 Å². The van der Waals surface area contributed by atoms with E-state index in [4.69, 9.17) is 4.74 Å². The average molecular weight is 330 g/mol. The number of ether oxygens (including phenoxy) is 1. The summed E-state index contributed by atoms with van der Waals surface area (Å²) < 4.78 is 6.32. The SMILES string of the molecule is CCCCNC(=O)COc1cc(Br)ccc1C(C)O. The minimum Gasteiger partial charge on any atom is -0.483 e. The van der Waals surface area contributed by atoms with E-state index < -0.39 is 6.10 Å². The van der Waals surface area contributed by atoms with E-state index in [0.29, 0.717) is 17.9 Å². The van der Waals surface area contributed by atoms with E-state index in [0.717, 1.165) is 17.3 Å². The van der Waals surface area contributed by atoms with Crippen LogP contribution in [0.1, 0.15) is 38.4 Å². The molecule has 0 fully saturated rings. The molecule has 0 aromatic heterocycles. The maximum atomic E-state index is 11.5. The number of carbonyl (C=O) groups excluding carboxylic acids is 1. The number of aliphatic hydroxyl groups is 1. The lowest BCUT2D eigenvalue weighted by atomic mass is 10.1. The van der Waals surface area contributed by atoms with Crippen LogP contribution in [0.2, 0.25) is 0 Å². The van der Waals surface area contributed by atoms with E-state index in [1.807, 2.05) is 6.07 Å². The molecule has 0 spiro atoms. The minimum absolute atomic E-state index is 0.0418. The van der Waals surface area contributed by atoms with Crippen LogP contribution in [0.5, 0.6) is 5.75 Å². The summed E-state index contributed by atoms with van der Waals surface area (Å²) in [7, 11) is 0. The van der Waals surface area contributed by atoms with Gasteiger partial charge in [-0.3, -0.25) is 4.79 Å². The highest BCUT2D eigenvalue weighted by molar-refractivity contribution is 9.10. The number of benzene rings is 1. The molecule has 1 amide bonds. The van der Waals surface area contributed by atoms with Crippen LogP contribution in [0, 0.1) is 0 Å². The van der Waals surface area contributed by atoms with Gasteiger partial charge in [0.1, 0.15) is 5.75 Å². The molecule has 5 heteroatoms. The highest BCUT2D eigenvalue weighted by Crippen LogP contribution is 2.28. The van der Waals surface area contributed by atoms with Crippen molar-refractivity contribution in [1.82, 2.24) is 5.32 Å². The maximum absolute atomic E-state index is 11.5. The second-order valence-electron chi connectivity index (χ2n) is 4.35. The third kappa shape index (κ3) is 5.61. The molecule has 0 aliphatic carbocycles. The standard InChI is InChI=1S/C14H20BrNO3/c1-3-4-7-16-14(18)9-19-13-8-11(15)5-6-12(13)10(2)17/h5-6,8,10,17H,3-4,7,9H2,1-2H3,(H,16,18). The van der Waals surface area contributed by atoms with Crippen LogP contribution in [-0.4, -0.2) is 24.2 Å². The average Bonchev–Trinajstić information content (AvgIpc) is 2.36. The molecule has 1 aromatic rings. The second-order valence-corrected chi connectivity index (χ2v) is 5.27. The summed E-state index contributed by atoms with van der Waals surface area (Å²) in [4.78, 5) is 11.5. The Hall–Kier alpha value is -1.07. The van der Waals surface area contributed by atoms with Crippen molar-refractivity contribution >= 4 is 21.8 Å². The lowest BCUT2D eigenvalue weighted by molar-refractivity contribution is -0.123. The molecular weight excluding hydrogens is 310 g/mol. The number of hydrogen-bond donors (Lipinski definition) is 2. The molecule has 0 aliphatic rings. The molecule has 0 saturated heterocycles. The quantitative estimate of drug-likeness (QED) is 0.756. The van der Waals surface area contributed by atoms with Crippen LogP contribution in [0.3, 0.4) is 0 Å². The smallest absolute Gasteiger partial charge is 0.257 e. The van der Waals surface area contributed by atoms with Gasteiger partial charge in [-0.2, -0.15) is 0 Å². The molecule has 1 rings (SSSR count). The summed E-state index contributed by atoms with van der Waals surface area (Å²) in [6.07, 6.45) is 1.37. The van der Waals surface area contributed by atoms with Gasteiger partial charge in [-0.15, -0.1) is 0 Å². The number of nitrogens with one attached hydrogen (secondary N) is 1. The number of halogens is 1. The predicted octanol–water partition coefficient (Wildman–Crippen LogP) is 2.80. The summed E-state index contributed by atoms with van der Waals surface area (Å²) in [6.45, 7) is 4.36. The Bertz CT molecular complexity index is 421. The maximum Gasteiger partial charge on any atom is 0.257 e. The van der Waals surface area contributed by atoms with Gasteiger partial charge in [0.15, 0.2) is 6.61 Å². The molecule has 1 atom stereocenters. The predicted molar refractivity (Wildman–Crippen MR) is 78.2 cm³/mol. The highest BCUT2D eigenvalue weighted by Gasteiger charge is 2.11. The van der Waals surface area contributed by atoms with E-state index >= 15 is 0 Å².